The van der Waals surface area contributed by atoms with E-state index in [2.05, 4.69) is 4.98 Å². The Bertz CT molecular complexity index is 583. The second-order valence-electron chi connectivity index (χ2n) is 3.34. The zero-order valence-electron chi connectivity index (χ0n) is 9.07. The molecule has 87 valence electrons. The van der Waals surface area contributed by atoms with Gasteiger partial charge in [-0.05, 0) is 13.0 Å². The highest BCUT2D eigenvalue weighted by Gasteiger charge is 2.22. The fourth-order valence-corrected chi connectivity index (χ4v) is 1.85. The van der Waals surface area contributed by atoms with Crippen molar-refractivity contribution in [2.24, 2.45) is 0 Å². The molecule has 1 aromatic heterocycles. The van der Waals surface area contributed by atoms with Gasteiger partial charge in [-0.15, -0.1) is 0 Å². The number of para-hydroxylation sites is 1. The van der Waals surface area contributed by atoms with E-state index >= 15 is 0 Å². The summed E-state index contributed by atoms with van der Waals surface area (Å²) in [6, 6.07) is 6.87. The summed E-state index contributed by atoms with van der Waals surface area (Å²) < 4.78 is 4.78. The van der Waals surface area contributed by atoms with Gasteiger partial charge in [-0.3, -0.25) is 5.11 Å². The van der Waals surface area contributed by atoms with E-state index in [0.29, 0.717) is 10.9 Å². The van der Waals surface area contributed by atoms with Crippen LogP contribution in [0, 0.1) is 0 Å². The molecule has 0 aliphatic heterocycles. The van der Waals surface area contributed by atoms with Crippen LogP contribution in [0.2, 0.25) is 5.02 Å². The SMILES string of the molecule is CCOC(=O)c1c([O])nc2ccccc2c1Cl. The van der Waals surface area contributed by atoms with Crippen LogP contribution in [0.1, 0.15) is 17.3 Å². The van der Waals surface area contributed by atoms with Crippen molar-refractivity contribution >= 4 is 28.5 Å². The molecule has 0 N–H and O–H groups in total. The van der Waals surface area contributed by atoms with Gasteiger partial charge in [0.2, 0.25) is 0 Å². The van der Waals surface area contributed by atoms with E-state index in [9.17, 15) is 9.90 Å². The first-order valence-electron chi connectivity index (χ1n) is 5.07. The molecule has 0 spiro atoms. The monoisotopic (exact) mass is 250 g/mol. The minimum atomic E-state index is -0.735. The maximum Gasteiger partial charge on any atom is 0.345 e. The molecule has 0 atom stereocenters. The number of ether oxygens (including phenoxy) is 1. The molecule has 1 heterocycles. The summed E-state index contributed by atoms with van der Waals surface area (Å²) in [6.07, 6.45) is 0. The van der Waals surface area contributed by atoms with Gasteiger partial charge in [0.15, 0.2) is 0 Å². The number of nitrogens with zero attached hydrogens (tertiary/aromatic N) is 1. The number of carbonyl (C=O) groups is 1. The zero-order valence-corrected chi connectivity index (χ0v) is 9.82. The molecule has 0 bridgehead atoms. The number of carbonyl (C=O) groups excluding carboxylic acids is 1. The minimum Gasteiger partial charge on any atom is -0.462 e. The van der Waals surface area contributed by atoms with Crippen LogP contribution in [0.5, 0.6) is 5.88 Å². The summed E-state index contributed by atoms with van der Waals surface area (Å²) in [7, 11) is 0. The van der Waals surface area contributed by atoms with E-state index in [4.69, 9.17) is 16.3 Å². The summed E-state index contributed by atoms with van der Waals surface area (Å²) in [5.74, 6) is -1.40. The Labute approximate surface area is 103 Å². The first kappa shape index (κ1) is 11.7. The zero-order chi connectivity index (χ0) is 12.4. The molecule has 0 fully saturated rings. The van der Waals surface area contributed by atoms with Crippen LogP contribution in [0.15, 0.2) is 24.3 Å². The highest BCUT2D eigenvalue weighted by Crippen LogP contribution is 2.32. The van der Waals surface area contributed by atoms with Crippen molar-refractivity contribution in [3.8, 4) is 5.88 Å². The van der Waals surface area contributed by atoms with E-state index < -0.39 is 11.8 Å². The van der Waals surface area contributed by atoms with Gasteiger partial charge in [0.25, 0.3) is 5.88 Å². The maximum atomic E-state index is 11.7. The van der Waals surface area contributed by atoms with E-state index in [1.54, 1.807) is 31.2 Å². The highest BCUT2D eigenvalue weighted by molar-refractivity contribution is 6.38. The molecule has 0 unspecified atom stereocenters. The molecule has 0 aliphatic rings. The first-order chi connectivity index (χ1) is 8.15. The molecule has 0 saturated heterocycles. The molecule has 2 aromatic rings. The number of halogens is 1. The summed E-state index contributed by atoms with van der Waals surface area (Å²) in [6.45, 7) is 1.84. The topological polar surface area (TPSA) is 59.1 Å². The molecule has 4 nitrogen and oxygen atoms in total. The lowest BCUT2D eigenvalue weighted by molar-refractivity contribution is 0.0520. The van der Waals surface area contributed by atoms with Crippen molar-refractivity contribution in [2.75, 3.05) is 6.61 Å². The number of benzene rings is 1. The predicted molar refractivity (Wildman–Crippen MR) is 62.8 cm³/mol. The van der Waals surface area contributed by atoms with Crippen molar-refractivity contribution in [2.45, 2.75) is 6.92 Å². The second-order valence-corrected chi connectivity index (χ2v) is 3.72. The molecule has 5 heteroatoms. The summed E-state index contributed by atoms with van der Waals surface area (Å²) >= 11 is 6.04. The summed E-state index contributed by atoms with van der Waals surface area (Å²) in [5, 5.41) is 12.3. The van der Waals surface area contributed by atoms with Gasteiger partial charge in [0, 0.05) is 5.39 Å². The largest absolute Gasteiger partial charge is 0.462 e. The molecule has 17 heavy (non-hydrogen) atoms. The van der Waals surface area contributed by atoms with Gasteiger partial charge in [0.1, 0.15) is 5.56 Å². The molecular formula is C12H9ClNO3. The maximum absolute atomic E-state index is 11.7. The second kappa shape index (κ2) is 4.59. The number of pyridine rings is 1. The third-order valence-corrected chi connectivity index (χ3v) is 2.67. The number of rotatable bonds is 2. The number of aromatic nitrogens is 1. The van der Waals surface area contributed by atoms with Crippen molar-refractivity contribution in [3.63, 3.8) is 0 Å². The number of hydrogen-bond acceptors (Lipinski definition) is 3. The molecule has 0 saturated carbocycles. The Morgan fingerprint density at radius 3 is 2.82 bits per heavy atom. The van der Waals surface area contributed by atoms with Crippen LogP contribution in [0.4, 0.5) is 0 Å². The Kier molecular flexibility index (Phi) is 3.15. The van der Waals surface area contributed by atoms with Gasteiger partial charge < -0.3 is 4.74 Å². The Balaban J connectivity index is 2.67. The third kappa shape index (κ3) is 2.03. The van der Waals surface area contributed by atoms with Gasteiger partial charge in [0.05, 0.1) is 17.1 Å². The number of esters is 1. The normalized spacial score (nSPS) is 10.5. The van der Waals surface area contributed by atoms with Crippen LogP contribution >= 0.6 is 11.6 Å². The van der Waals surface area contributed by atoms with E-state index in [-0.39, 0.29) is 17.2 Å². The molecule has 1 aromatic carbocycles. The van der Waals surface area contributed by atoms with Crippen molar-refractivity contribution < 1.29 is 14.6 Å². The minimum absolute atomic E-state index is 0.0963. The predicted octanol–water partition coefficient (Wildman–Crippen LogP) is 3.21. The Morgan fingerprint density at radius 2 is 2.12 bits per heavy atom. The van der Waals surface area contributed by atoms with Gasteiger partial charge in [-0.1, -0.05) is 29.8 Å². The van der Waals surface area contributed by atoms with Crippen LogP contribution < -0.4 is 0 Å². The van der Waals surface area contributed by atoms with Crippen molar-refractivity contribution in [1.29, 1.82) is 0 Å². The standard InChI is InChI=1S/C12H9ClNO3/c1-2-17-12(16)9-10(13)7-5-3-4-6-8(7)14-11(9)15/h3-6H,2H2,1H3. The average Bonchev–Trinajstić information content (AvgIpc) is 2.29. The van der Waals surface area contributed by atoms with E-state index in [1.165, 1.54) is 0 Å². The van der Waals surface area contributed by atoms with Gasteiger partial charge in [-0.25, -0.2) is 9.78 Å². The fraction of sp³-hybridized carbons (Fsp3) is 0.167. The Morgan fingerprint density at radius 1 is 1.41 bits per heavy atom. The molecule has 2 rings (SSSR count). The third-order valence-electron chi connectivity index (χ3n) is 2.28. The number of hydrogen-bond donors (Lipinski definition) is 0. The number of fused-ring (bicyclic) bond motifs is 1. The first-order valence-corrected chi connectivity index (χ1v) is 5.45. The summed E-state index contributed by atoms with van der Waals surface area (Å²) in [4.78, 5) is 15.4. The lowest BCUT2D eigenvalue weighted by atomic mass is 10.1. The van der Waals surface area contributed by atoms with Crippen molar-refractivity contribution in [1.82, 2.24) is 4.98 Å². The van der Waals surface area contributed by atoms with Crippen LogP contribution in [0.25, 0.3) is 10.9 Å². The quantitative estimate of drug-likeness (QED) is 0.769. The van der Waals surface area contributed by atoms with Gasteiger partial charge in [-0.2, -0.15) is 0 Å². The lowest BCUT2D eigenvalue weighted by Gasteiger charge is -2.07. The Hall–Kier alpha value is -1.81. The van der Waals surface area contributed by atoms with E-state index in [1.807, 2.05) is 0 Å². The van der Waals surface area contributed by atoms with Crippen molar-refractivity contribution in [3.05, 3.63) is 34.9 Å². The lowest BCUT2D eigenvalue weighted by Crippen LogP contribution is -2.06. The summed E-state index contributed by atoms with van der Waals surface area (Å²) in [5.41, 5.74) is 0.266. The average molecular weight is 251 g/mol. The molecule has 0 aliphatic carbocycles. The van der Waals surface area contributed by atoms with E-state index in [0.717, 1.165) is 0 Å². The molecule has 1 radical (unpaired) electrons. The molecular weight excluding hydrogens is 242 g/mol. The highest BCUT2D eigenvalue weighted by atomic mass is 35.5. The van der Waals surface area contributed by atoms with Crippen LogP contribution in [0.3, 0.4) is 0 Å². The molecule has 0 amide bonds. The fourth-order valence-electron chi connectivity index (χ4n) is 1.53. The van der Waals surface area contributed by atoms with Gasteiger partial charge >= 0.3 is 5.97 Å². The van der Waals surface area contributed by atoms with Crippen LogP contribution in [-0.2, 0) is 9.84 Å². The van der Waals surface area contributed by atoms with Crippen LogP contribution in [-0.4, -0.2) is 17.6 Å². The smallest absolute Gasteiger partial charge is 0.345 e.